The van der Waals surface area contributed by atoms with Crippen LogP contribution in [0.1, 0.15) is 277 Å². The topological polar surface area (TPSA) is 108 Å². The Kier molecular flexibility index (Phi) is 48.4. The Morgan fingerprint density at radius 3 is 1.18 bits per heavy atom. The standard InChI is InChI=1S/C57H110NO8P/c1-6-8-10-12-14-16-18-20-22-24-26-27-28-29-30-31-32-34-36-38-40-42-44-46-48-50-57(60)66-55(54-65-67(61,62)64-52-51-58(3,4)5)53-63-56(59)49-47-45-43-41-39-37-35-33-25-23-21-19-17-15-13-11-9-7-2/h18,20,24,26,55H,6-17,19,21-23,25,27-54H2,1-5H3/p+1/b20-18-,26-24-. The Hall–Kier alpha value is -1.51. The van der Waals surface area contributed by atoms with Gasteiger partial charge in [0, 0.05) is 12.8 Å². The molecule has 0 aliphatic heterocycles. The number of carbonyl (C=O) groups is 2. The molecular weight excluding hydrogens is 858 g/mol. The summed E-state index contributed by atoms with van der Waals surface area (Å²) < 4.78 is 34.6. The molecule has 0 aliphatic rings. The average molecular weight is 969 g/mol. The zero-order valence-corrected chi connectivity index (χ0v) is 45.8. The van der Waals surface area contributed by atoms with E-state index in [1.54, 1.807) is 0 Å². The van der Waals surface area contributed by atoms with Gasteiger partial charge in [-0.15, -0.1) is 0 Å². The van der Waals surface area contributed by atoms with Crippen LogP contribution in [-0.4, -0.2) is 74.9 Å². The van der Waals surface area contributed by atoms with Gasteiger partial charge in [-0.3, -0.25) is 18.6 Å². The van der Waals surface area contributed by atoms with Crippen LogP contribution < -0.4 is 0 Å². The van der Waals surface area contributed by atoms with Crippen LogP contribution >= 0.6 is 7.82 Å². The second kappa shape index (κ2) is 49.5. The highest BCUT2D eigenvalue weighted by molar-refractivity contribution is 7.47. The second-order valence-electron chi connectivity index (χ2n) is 20.7. The quantitative estimate of drug-likeness (QED) is 0.0211. The Morgan fingerprint density at radius 1 is 0.463 bits per heavy atom. The van der Waals surface area contributed by atoms with Crippen LogP contribution in [0.4, 0.5) is 0 Å². The summed E-state index contributed by atoms with van der Waals surface area (Å²) in [5, 5.41) is 0. The maximum Gasteiger partial charge on any atom is 0.472 e. The largest absolute Gasteiger partial charge is 0.472 e. The molecule has 1 N–H and O–H groups in total. The van der Waals surface area contributed by atoms with Crippen molar-refractivity contribution >= 4 is 19.8 Å². The molecule has 67 heavy (non-hydrogen) atoms. The monoisotopic (exact) mass is 969 g/mol. The zero-order valence-electron chi connectivity index (χ0n) is 44.9. The van der Waals surface area contributed by atoms with Crippen molar-refractivity contribution in [3.8, 4) is 0 Å². The summed E-state index contributed by atoms with van der Waals surface area (Å²) >= 11 is 0. The number of likely N-dealkylation sites (N-methyl/N-ethyl adjacent to an activating group) is 1. The van der Waals surface area contributed by atoms with Crippen LogP contribution in [0.15, 0.2) is 24.3 Å². The Morgan fingerprint density at radius 2 is 0.806 bits per heavy atom. The molecule has 0 fully saturated rings. The minimum Gasteiger partial charge on any atom is -0.462 e. The molecule has 0 bridgehead atoms. The number of unbranched alkanes of at least 4 members (excludes halogenated alkanes) is 35. The summed E-state index contributed by atoms with van der Waals surface area (Å²) in [6.45, 7) is 4.47. The number of quaternary nitrogens is 1. The highest BCUT2D eigenvalue weighted by Crippen LogP contribution is 2.43. The van der Waals surface area contributed by atoms with Crippen molar-refractivity contribution < 1.29 is 42.1 Å². The first-order valence-corrected chi connectivity index (χ1v) is 30.1. The smallest absolute Gasteiger partial charge is 0.462 e. The van der Waals surface area contributed by atoms with E-state index in [9.17, 15) is 19.0 Å². The van der Waals surface area contributed by atoms with Crippen LogP contribution in [0, 0.1) is 0 Å². The second-order valence-corrected chi connectivity index (χ2v) is 22.1. The van der Waals surface area contributed by atoms with Gasteiger partial charge in [0.15, 0.2) is 6.10 Å². The van der Waals surface area contributed by atoms with Gasteiger partial charge in [-0.1, -0.05) is 244 Å². The molecule has 2 unspecified atom stereocenters. The average Bonchev–Trinajstić information content (AvgIpc) is 3.29. The molecule has 10 heteroatoms. The summed E-state index contributed by atoms with van der Waals surface area (Å²) in [6, 6.07) is 0. The van der Waals surface area contributed by atoms with E-state index in [1.165, 1.54) is 205 Å². The van der Waals surface area contributed by atoms with E-state index in [0.29, 0.717) is 23.9 Å². The first kappa shape index (κ1) is 65.5. The molecule has 9 nitrogen and oxygen atoms in total. The van der Waals surface area contributed by atoms with E-state index in [2.05, 4.69) is 38.2 Å². The fraction of sp³-hybridized carbons (Fsp3) is 0.895. The van der Waals surface area contributed by atoms with Crippen LogP contribution in [0.3, 0.4) is 0 Å². The van der Waals surface area contributed by atoms with Gasteiger partial charge in [-0.25, -0.2) is 4.57 Å². The van der Waals surface area contributed by atoms with Crippen molar-refractivity contribution in [2.24, 2.45) is 0 Å². The number of carbonyl (C=O) groups excluding carboxylic acids is 2. The molecule has 2 atom stereocenters. The lowest BCUT2D eigenvalue weighted by Gasteiger charge is -2.24. The highest BCUT2D eigenvalue weighted by atomic mass is 31.2. The fourth-order valence-corrected chi connectivity index (χ4v) is 9.02. The lowest BCUT2D eigenvalue weighted by atomic mass is 10.0. The number of phosphoric acid groups is 1. The third kappa shape index (κ3) is 53.7. The molecule has 0 spiro atoms. The SMILES string of the molecule is CCCCCCC/C=C\C/C=C\CCCCCCCCCCCCCCCC(=O)OC(COC(=O)CCCCCCCCCCCCCCCCCCCC)COP(=O)(O)OCC[N+](C)(C)C. The zero-order chi connectivity index (χ0) is 49.2. The van der Waals surface area contributed by atoms with E-state index in [0.717, 1.165) is 38.5 Å². The van der Waals surface area contributed by atoms with Crippen molar-refractivity contribution in [2.45, 2.75) is 283 Å². The molecular formula is C57H111NO8P+. The van der Waals surface area contributed by atoms with E-state index in [1.807, 2.05) is 21.1 Å². The summed E-state index contributed by atoms with van der Waals surface area (Å²) in [6.07, 6.45) is 58.1. The van der Waals surface area contributed by atoms with Gasteiger partial charge in [-0.2, -0.15) is 0 Å². The Bertz CT molecular complexity index is 1190. The molecule has 0 rings (SSSR count). The number of allylic oxidation sites excluding steroid dienone is 4. The minimum absolute atomic E-state index is 0.0344. The molecule has 396 valence electrons. The molecule has 0 saturated carbocycles. The van der Waals surface area contributed by atoms with Gasteiger partial charge < -0.3 is 18.9 Å². The van der Waals surface area contributed by atoms with Crippen molar-refractivity contribution in [1.29, 1.82) is 0 Å². The summed E-state index contributed by atoms with van der Waals surface area (Å²) in [7, 11) is 1.49. The number of esters is 2. The lowest BCUT2D eigenvalue weighted by Crippen LogP contribution is -2.37. The van der Waals surface area contributed by atoms with Crippen molar-refractivity contribution in [3.63, 3.8) is 0 Å². The van der Waals surface area contributed by atoms with Gasteiger partial charge in [0.2, 0.25) is 0 Å². The number of phosphoric ester groups is 1. The molecule has 0 aliphatic carbocycles. The van der Waals surface area contributed by atoms with Gasteiger partial charge >= 0.3 is 19.8 Å². The predicted octanol–water partition coefficient (Wildman–Crippen LogP) is 17.4. The van der Waals surface area contributed by atoms with Gasteiger partial charge in [-0.05, 0) is 44.9 Å². The van der Waals surface area contributed by atoms with Crippen LogP contribution in [0.5, 0.6) is 0 Å². The van der Waals surface area contributed by atoms with Crippen molar-refractivity contribution in [1.82, 2.24) is 0 Å². The normalized spacial score (nSPS) is 13.5. The van der Waals surface area contributed by atoms with Crippen LogP contribution in [0.25, 0.3) is 0 Å². The Balaban J connectivity index is 4.14. The number of ether oxygens (including phenoxy) is 2. The van der Waals surface area contributed by atoms with Crippen molar-refractivity contribution in [3.05, 3.63) is 24.3 Å². The van der Waals surface area contributed by atoms with E-state index < -0.39 is 26.5 Å². The minimum atomic E-state index is -4.38. The summed E-state index contributed by atoms with van der Waals surface area (Å²) in [4.78, 5) is 35.7. The molecule has 0 aromatic carbocycles. The first-order chi connectivity index (χ1) is 32.5. The van der Waals surface area contributed by atoms with Crippen LogP contribution in [-0.2, 0) is 32.7 Å². The van der Waals surface area contributed by atoms with E-state index in [-0.39, 0.29) is 25.6 Å². The summed E-state index contributed by atoms with van der Waals surface area (Å²) in [5.74, 6) is -0.782. The third-order valence-electron chi connectivity index (χ3n) is 12.7. The number of nitrogens with zero attached hydrogens (tertiary/aromatic N) is 1. The summed E-state index contributed by atoms with van der Waals surface area (Å²) in [5.41, 5.74) is 0. The highest BCUT2D eigenvalue weighted by Gasteiger charge is 2.27. The molecule has 0 aromatic rings. The molecule has 0 saturated heterocycles. The fourth-order valence-electron chi connectivity index (χ4n) is 8.28. The third-order valence-corrected chi connectivity index (χ3v) is 13.7. The van der Waals surface area contributed by atoms with Gasteiger partial charge in [0.25, 0.3) is 0 Å². The lowest BCUT2D eigenvalue weighted by molar-refractivity contribution is -0.870. The van der Waals surface area contributed by atoms with Gasteiger partial charge in [0.05, 0.1) is 27.7 Å². The molecule has 0 amide bonds. The first-order valence-electron chi connectivity index (χ1n) is 28.6. The molecule has 0 heterocycles. The van der Waals surface area contributed by atoms with Gasteiger partial charge in [0.1, 0.15) is 19.8 Å². The maximum absolute atomic E-state index is 12.8. The predicted molar refractivity (Wildman–Crippen MR) is 284 cm³/mol. The number of rotatable bonds is 53. The number of hydrogen-bond acceptors (Lipinski definition) is 7. The number of hydrogen-bond donors (Lipinski definition) is 1. The molecule has 0 aromatic heterocycles. The van der Waals surface area contributed by atoms with E-state index >= 15 is 0 Å². The van der Waals surface area contributed by atoms with Crippen molar-refractivity contribution in [2.75, 3.05) is 47.5 Å². The molecule has 0 radical (unpaired) electrons. The van der Waals surface area contributed by atoms with Crippen LogP contribution in [0.2, 0.25) is 0 Å². The Labute approximate surface area is 415 Å². The van der Waals surface area contributed by atoms with E-state index in [4.69, 9.17) is 18.5 Å². The maximum atomic E-state index is 12.8.